The average molecular weight is 269 g/mol. The minimum atomic E-state index is -5.96. The van der Waals surface area contributed by atoms with Crippen molar-refractivity contribution >= 4 is 21.8 Å². The van der Waals surface area contributed by atoms with Crippen molar-refractivity contribution in [1.82, 2.24) is 0 Å². The van der Waals surface area contributed by atoms with Crippen LogP contribution in [0.2, 0.25) is 0 Å². The first-order valence-electron chi connectivity index (χ1n) is 4.07. The van der Waals surface area contributed by atoms with Crippen LogP contribution in [0, 0.1) is 0 Å². The maximum Gasteiger partial charge on any atom is 0.517 e. The number of amides is 1. The van der Waals surface area contributed by atoms with Crippen molar-refractivity contribution in [3.63, 3.8) is 0 Å². The third kappa shape index (κ3) is 2.49. The van der Waals surface area contributed by atoms with Gasteiger partial charge in [0, 0.05) is 0 Å². The van der Waals surface area contributed by atoms with Crippen LogP contribution in [0.3, 0.4) is 0 Å². The molecule has 0 radical (unpaired) electrons. The van der Waals surface area contributed by atoms with Crippen molar-refractivity contribution in [3.05, 3.63) is 30.3 Å². The highest BCUT2D eigenvalue weighted by molar-refractivity contribution is 7.94. The molecule has 0 bridgehead atoms. The Morgan fingerprint density at radius 2 is 1.65 bits per heavy atom. The molecular formula is C8H6F3NO4S. The second-order valence-corrected chi connectivity index (χ2v) is 4.61. The zero-order chi connectivity index (χ0) is 13.3. The van der Waals surface area contributed by atoms with Crippen molar-refractivity contribution in [2.75, 3.05) is 4.31 Å². The molecule has 94 valence electrons. The molecular weight excluding hydrogens is 263 g/mol. The molecule has 0 atom stereocenters. The second-order valence-electron chi connectivity index (χ2n) is 2.83. The van der Waals surface area contributed by atoms with Gasteiger partial charge in [0.05, 0.1) is 5.69 Å². The highest BCUT2D eigenvalue weighted by Crippen LogP contribution is 2.30. The molecule has 17 heavy (non-hydrogen) atoms. The van der Waals surface area contributed by atoms with Gasteiger partial charge >= 0.3 is 21.6 Å². The highest BCUT2D eigenvalue weighted by atomic mass is 32.2. The molecule has 0 aliphatic carbocycles. The summed E-state index contributed by atoms with van der Waals surface area (Å²) in [6.07, 6.45) is -2.23. The van der Waals surface area contributed by atoms with E-state index in [1.54, 1.807) is 0 Å². The minimum absolute atomic E-state index is 0.600. The first-order valence-corrected chi connectivity index (χ1v) is 5.51. The molecule has 0 heterocycles. The van der Waals surface area contributed by atoms with E-state index in [-0.39, 0.29) is 0 Å². The first-order chi connectivity index (χ1) is 7.68. The number of hydrogen-bond donors (Lipinski definition) is 1. The molecule has 1 N–H and O–H groups in total. The normalized spacial score (nSPS) is 12.2. The summed E-state index contributed by atoms with van der Waals surface area (Å²) in [6, 6.07) is 5.73. The van der Waals surface area contributed by atoms with Gasteiger partial charge < -0.3 is 5.11 Å². The molecule has 0 spiro atoms. The van der Waals surface area contributed by atoms with E-state index in [4.69, 9.17) is 5.11 Å². The molecule has 0 aromatic heterocycles. The van der Waals surface area contributed by atoms with Crippen LogP contribution in [0.4, 0.5) is 23.7 Å². The minimum Gasteiger partial charge on any atom is -0.464 e. The van der Waals surface area contributed by atoms with Crippen molar-refractivity contribution in [3.8, 4) is 0 Å². The van der Waals surface area contributed by atoms with Gasteiger partial charge in [-0.25, -0.2) is 4.79 Å². The van der Waals surface area contributed by atoms with Crippen molar-refractivity contribution in [2.24, 2.45) is 0 Å². The second kappa shape index (κ2) is 4.24. The number of para-hydroxylation sites is 1. The highest BCUT2D eigenvalue weighted by Gasteiger charge is 2.52. The van der Waals surface area contributed by atoms with Crippen molar-refractivity contribution < 1.29 is 31.5 Å². The van der Waals surface area contributed by atoms with Crippen LogP contribution >= 0.6 is 0 Å². The lowest BCUT2D eigenvalue weighted by atomic mass is 10.3. The Bertz CT molecular complexity index is 511. The van der Waals surface area contributed by atoms with Crippen LogP contribution in [0.25, 0.3) is 0 Å². The predicted octanol–water partition coefficient (Wildman–Crippen LogP) is 2.02. The molecule has 0 aliphatic heterocycles. The summed E-state index contributed by atoms with van der Waals surface area (Å²) in [5.74, 6) is 0. The number of halogens is 3. The Labute approximate surface area is 94.1 Å². The zero-order valence-corrected chi connectivity index (χ0v) is 8.86. The number of hydrogen-bond acceptors (Lipinski definition) is 3. The van der Waals surface area contributed by atoms with Gasteiger partial charge in [-0.2, -0.15) is 25.9 Å². The fraction of sp³-hybridized carbons (Fsp3) is 0.125. The summed E-state index contributed by atoms with van der Waals surface area (Å²) in [7, 11) is -5.96. The Balaban J connectivity index is 3.36. The predicted molar refractivity (Wildman–Crippen MR) is 51.9 cm³/mol. The van der Waals surface area contributed by atoms with Gasteiger partial charge in [0.15, 0.2) is 0 Å². The molecule has 1 amide bonds. The SMILES string of the molecule is O=C(O)N(c1ccccc1)S(=O)(=O)C(F)(F)F. The first kappa shape index (κ1) is 13.3. The lowest BCUT2D eigenvalue weighted by molar-refractivity contribution is -0.0437. The van der Waals surface area contributed by atoms with Gasteiger partial charge in [0.25, 0.3) is 0 Å². The van der Waals surface area contributed by atoms with Gasteiger partial charge in [-0.3, -0.25) is 0 Å². The molecule has 0 unspecified atom stereocenters. The Morgan fingerprint density at radius 1 is 1.18 bits per heavy atom. The van der Waals surface area contributed by atoms with Gasteiger partial charge in [0.1, 0.15) is 0 Å². The quantitative estimate of drug-likeness (QED) is 0.891. The standard InChI is InChI=1S/C8H6F3NO4S/c9-8(10,11)17(15,16)12(7(13)14)6-4-2-1-3-5-6/h1-5H,(H,13,14). The Morgan fingerprint density at radius 3 is 2.00 bits per heavy atom. The fourth-order valence-electron chi connectivity index (χ4n) is 1.02. The van der Waals surface area contributed by atoms with Crippen molar-refractivity contribution in [1.29, 1.82) is 0 Å². The number of benzene rings is 1. The Kier molecular flexibility index (Phi) is 3.32. The van der Waals surface area contributed by atoms with Crippen molar-refractivity contribution in [2.45, 2.75) is 5.51 Å². The largest absolute Gasteiger partial charge is 0.517 e. The molecule has 0 aliphatic rings. The summed E-state index contributed by atoms with van der Waals surface area (Å²) in [5, 5.41) is 8.57. The summed E-state index contributed by atoms with van der Waals surface area (Å²) >= 11 is 0. The van der Waals surface area contributed by atoms with E-state index in [0.29, 0.717) is 0 Å². The number of rotatable bonds is 2. The molecule has 1 rings (SSSR count). The number of alkyl halides is 3. The van der Waals surface area contributed by atoms with E-state index in [9.17, 15) is 26.4 Å². The van der Waals surface area contributed by atoms with Gasteiger partial charge in [0.2, 0.25) is 0 Å². The van der Waals surface area contributed by atoms with Crippen LogP contribution in [0.15, 0.2) is 30.3 Å². The number of nitrogens with zero attached hydrogens (tertiary/aromatic N) is 1. The monoisotopic (exact) mass is 269 g/mol. The molecule has 0 fully saturated rings. The molecule has 1 aromatic carbocycles. The lowest BCUT2D eigenvalue weighted by Gasteiger charge is -2.20. The number of carbonyl (C=O) groups is 1. The Hall–Kier alpha value is -1.77. The third-order valence-electron chi connectivity index (χ3n) is 1.70. The number of sulfonamides is 1. The van der Waals surface area contributed by atoms with Gasteiger partial charge in [-0.05, 0) is 12.1 Å². The average Bonchev–Trinajstić information content (AvgIpc) is 2.16. The van der Waals surface area contributed by atoms with E-state index in [1.165, 1.54) is 18.2 Å². The smallest absolute Gasteiger partial charge is 0.464 e. The van der Waals surface area contributed by atoms with E-state index < -0.39 is 31.6 Å². The van der Waals surface area contributed by atoms with Crippen LogP contribution in [-0.4, -0.2) is 25.1 Å². The van der Waals surface area contributed by atoms with Gasteiger partial charge in [-0.15, -0.1) is 0 Å². The van der Waals surface area contributed by atoms with Gasteiger partial charge in [-0.1, -0.05) is 18.2 Å². The van der Waals surface area contributed by atoms with E-state index in [2.05, 4.69) is 0 Å². The molecule has 0 saturated carbocycles. The van der Waals surface area contributed by atoms with E-state index in [1.807, 2.05) is 0 Å². The van der Waals surface area contributed by atoms with E-state index >= 15 is 0 Å². The maximum absolute atomic E-state index is 12.2. The maximum atomic E-state index is 12.2. The molecule has 5 nitrogen and oxygen atoms in total. The number of anilines is 1. The molecule has 1 aromatic rings. The summed E-state index contributed by atoms with van der Waals surface area (Å²) in [4.78, 5) is 10.6. The molecule has 9 heteroatoms. The van der Waals surface area contributed by atoms with Crippen LogP contribution < -0.4 is 4.31 Å². The number of carboxylic acid groups (broad SMARTS) is 1. The summed E-state index contributed by atoms with van der Waals surface area (Å²) < 4.78 is 58.0. The molecule has 0 saturated heterocycles. The van der Waals surface area contributed by atoms with Crippen LogP contribution in [0.1, 0.15) is 0 Å². The zero-order valence-electron chi connectivity index (χ0n) is 8.05. The summed E-state index contributed by atoms with van der Waals surface area (Å²) in [5.41, 5.74) is -6.28. The topological polar surface area (TPSA) is 74.7 Å². The summed E-state index contributed by atoms with van der Waals surface area (Å²) in [6.45, 7) is 0. The van der Waals surface area contributed by atoms with Crippen LogP contribution in [0.5, 0.6) is 0 Å². The fourth-order valence-corrected chi connectivity index (χ4v) is 1.83. The van der Waals surface area contributed by atoms with E-state index in [0.717, 1.165) is 12.1 Å². The third-order valence-corrected chi connectivity index (χ3v) is 3.13. The van der Waals surface area contributed by atoms with Crippen LogP contribution in [-0.2, 0) is 10.0 Å². The lowest BCUT2D eigenvalue weighted by Crippen LogP contribution is -2.43.